The summed E-state index contributed by atoms with van der Waals surface area (Å²) in [6.45, 7) is 3.50. The van der Waals surface area contributed by atoms with E-state index in [1.165, 1.54) is 0 Å². The lowest BCUT2D eigenvalue weighted by molar-refractivity contribution is -0.148. The van der Waals surface area contributed by atoms with Crippen molar-refractivity contribution in [3.8, 4) is 28.9 Å². The molecule has 1 aromatic heterocycles. The van der Waals surface area contributed by atoms with Crippen LogP contribution in [0.4, 0.5) is 0 Å². The molecule has 0 saturated heterocycles. The van der Waals surface area contributed by atoms with Crippen LogP contribution in [0.3, 0.4) is 0 Å². The van der Waals surface area contributed by atoms with Crippen LogP contribution in [-0.2, 0) is 14.9 Å². The highest BCUT2D eigenvalue weighted by Gasteiger charge is 2.52. The second-order valence-electron chi connectivity index (χ2n) is 6.94. The Kier molecular flexibility index (Phi) is 4.76. The number of benzene rings is 2. The Morgan fingerprint density at radius 2 is 1.83 bits per heavy atom. The SMILES string of the molecule is CCOC(=O)C1(C)C(C#N)=C(N)Oc2c1c(-c1ccccc1)nn2-c1ccccc1. The molecule has 150 valence electrons. The van der Waals surface area contributed by atoms with Crippen molar-refractivity contribution in [2.75, 3.05) is 6.61 Å². The molecule has 1 aliphatic rings. The van der Waals surface area contributed by atoms with E-state index in [4.69, 9.17) is 20.3 Å². The maximum Gasteiger partial charge on any atom is 0.322 e. The maximum absolute atomic E-state index is 13.2. The summed E-state index contributed by atoms with van der Waals surface area (Å²) in [4.78, 5) is 13.2. The second kappa shape index (κ2) is 7.41. The fourth-order valence-electron chi connectivity index (χ4n) is 3.66. The minimum Gasteiger partial charge on any atom is -0.465 e. The van der Waals surface area contributed by atoms with Gasteiger partial charge in [0.05, 0.1) is 17.9 Å². The molecule has 1 aliphatic heterocycles. The largest absolute Gasteiger partial charge is 0.465 e. The first-order valence-electron chi connectivity index (χ1n) is 9.52. The highest BCUT2D eigenvalue weighted by Crippen LogP contribution is 2.48. The zero-order chi connectivity index (χ0) is 21.3. The van der Waals surface area contributed by atoms with E-state index < -0.39 is 11.4 Å². The molecule has 0 fully saturated rings. The molecule has 30 heavy (non-hydrogen) atoms. The van der Waals surface area contributed by atoms with Gasteiger partial charge in [-0.3, -0.25) is 4.79 Å². The number of esters is 1. The molecule has 2 N–H and O–H groups in total. The van der Waals surface area contributed by atoms with E-state index in [0.717, 1.165) is 11.3 Å². The predicted molar refractivity (Wildman–Crippen MR) is 110 cm³/mol. The van der Waals surface area contributed by atoms with Gasteiger partial charge >= 0.3 is 5.97 Å². The number of nitrogens with zero attached hydrogens (tertiary/aromatic N) is 3. The van der Waals surface area contributed by atoms with Gasteiger partial charge in [-0.05, 0) is 26.0 Å². The third kappa shape index (κ3) is 2.81. The Labute approximate surface area is 173 Å². The third-order valence-electron chi connectivity index (χ3n) is 5.14. The van der Waals surface area contributed by atoms with Crippen molar-refractivity contribution in [3.63, 3.8) is 0 Å². The average molecular weight is 400 g/mol. The number of hydrogen-bond donors (Lipinski definition) is 1. The van der Waals surface area contributed by atoms with Crippen LogP contribution in [-0.4, -0.2) is 22.4 Å². The van der Waals surface area contributed by atoms with Crippen LogP contribution < -0.4 is 10.5 Å². The van der Waals surface area contributed by atoms with Crippen molar-refractivity contribution < 1.29 is 14.3 Å². The van der Waals surface area contributed by atoms with Gasteiger partial charge in [-0.15, -0.1) is 0 Å². The summed E-state index contributed by atoms with van der Waals surface area (Å²) in [6, 6.07) is 20.8. The first kappa shape index (κ1) is 19.3. The Morgan fingerprint density at radius 1 is 1.20 bits per heavy atom. The van der Waals surface area contributed by atoms with Crippen molar-refractivity contribution in [2.45, 2.75) is 19.3 Å². The molecule has 3 aromatic rings. The number of ether oxygens (including phenoxy) is 2. The number of nitrogens with two attached hydrogens (primary N) is 1. The summed E-state index contributed by atoms with van der Waals surface area (Å²) in [7, 11) is 0. The number of nitriles is 1. The Hall–Kier alpha value is -4.05. The summed E-state index contributed by atoms with van der Waals surface area (Å²) in [5.41, 5.74) is 7.10. The lowest BCUT2D eigenvalue weighted by Gasteiger charge is -2.32. The van der Waals surface area contributed by atoms with Crippen molar-refractivity contribution in [2.24, 2.45) is 5.73 Å². The summed E-state index contributed by atoms with van der Waals surface area (Å²) in [5.74, 6) is -0.441. The summed E-state index contributed by atoms with van der Waals surface area (Å²) < 4.78 is 12.8. The first-order chi connectivity index (χ1) is 14.5. The molecule has 1 unspecified atom stereocenters. The molecule has 0 amide bonds. The number of rotatable bonds is 4. The molecule has 0 radical (unpaired) electrons. The highest BCUT2D eigenvalue weighted by molar-refractivity contribution is 5.93. The molecule has 4 rings (SSSR count). The van der Waals surface area contributed by atoms with Gasteiger partial charge in [0.15, 0.2) is 0 Å². The number of carbonyl (C=O) groups is 1. The molecule has 2 aromatic carbocycles. The fraction of sp³-hybridized carbons (Fsp3) is 0.174. The number of fused-ring (bicyclic) bond motifs is 1. The van der Waals surface area contributed by atoms with E-state index >= 15 is 0 Å². The minimum absolute atomic E-state index is 0.00163. The first-order valence-corrected chi connectivity index (χ1v) is 9.52. The van der Waals surface area contributed by atoms with Gasteiger partial charge in [0.2, 0.25) is 11.8 Å². The molecule has 0 aliphatic carbocycles. The number of carbonyl (C=O) groups excluding carboxylic acids is 1. The monoisotopic (exact) mass is 400 g/mol. The quantitative estimate of drug-likeness (QED) is 0.673. The van der Waals surface area contributed by atoms with Crippen molar-refractivity contribution in [3.05, 3.63) is 77.7 Å². The standard InChI is InChI=1S/C23H20N4O3/c1-3-29-22(28)23(2)17(14-24)20(25)30-21-18(23)19(15-10-6-4-7-11-15)26-27(21)16-12-8-5-9-13-16/h4-13H,3,25H2,1-2H3. The maximum atomic E-state index is 13.2. The normalized spacial score (nSPS) is 17.6. The van der Waals surface area contributed by atoms with E-state index in [1.807, 2.05) is 66.7 Å². The van der Waals surface area contributed by atoms with Gasteiger partial charge in [0.25, 0.3) is 0 Å². The van der Waals surface area contributed by atoms with Gasteiger partial charge < -0.3 is 15.2 Å². The number of hydrogen-bond acceptors (Lipinski definition) is 6. The molecule has 0 saturated carbocycles. The van der Waals surface area contributed by atoms with Crippen LogP contribution in [0.2, 0.25) is 0 Å². The van der Waals surface area contributed by atoms with Crippen LogP contribution in [0, 0.1) is 11.3 Å². The summed E-state index contributed by atoms with van der Waals surface area (Å²) in [6.07, 6.45) is 0. The smallest absolute Gasteiger partial charge is 0.322 e. The summed E-state index contributed by atoms with van der Waals surface area (Å²) in [5, 5.41) is 14.6. The Morgan fingerprint density at radius 3 is 2.43 bits per heavy atom. The van der Waals surface area contributed by atoms with Gasteiger partial charge in [-0.1, -0.05) is 48.5 Å². The van der Waals surface area contributed by atoms with Crippen LogP contribution >= 0.6 is 0 Å². The molecule has 0 bridgehead atoms. The van der Waals surface area contributed by atoms with E-state index in [-0.39, 0.29) is 23.9 Å². The molecule has 0 spiro atoms. The van der Waals surface area contributed by atoms with E-state index in [2.05, 4.69) is 0 Å². The second-order valence-corrected chi connectivity index (χ2v) is 6.94. The highest BCUT2D eigenvalue weighted by atomic mass is 16.5. The third-order valence-corrected chi connectivity index (χ3v) is 5.14. The van der Waals surface area contributed by atoms with Crippen molar-refractivity contribution >= 4 is 5.97 Å². The van der Waals surface area contributed by atoms with Crippen molar-refractivity contribution in [1.82, 2.24) is 9.78 Å². The van der Waals surface area contributed by atoms with Gasteiger partial charge in [-0.25, -0.2) is 0 Å². The average Bonchev–Trinajstić information content (AvgIpc) is 3.15. The van der Waals surface area contributed by atoms with Crippen molar-refractivity contribution in [1.29, 1.82) is 5.26 Å². The van der Waals surface area contributed by atoms with Crippen LogP contribution in [0.25, 0.3) is 16.9 Å². The topological polar surface area (TPSA) is 103 Å². The Bertz CT molecular complexity index is 1180. The van der Waals surface area contributed by atoms with E-state index in [1.54, 1.807) is 18.5 Å². The van der Waals surface area contributed by atoms with Gasteiger partial charge in [0.1, 0.15) is 22.8 Å². The molecule has 1 atom stereocenters. The van der Waals surface area contributed by atoms with Crippen LogP contribution in [0.5, 0.6) is 5.88 Å². The number of para-hydroxylation sites is 1. The summed E-state index contributed by atoms with van der Waals surface area (Å²) >= 11 is 0. The lowest BCUT2D eigenvalue weighted by Crippen LogP contribution is -2.41. The molecule has 7 heteroatoms. The van der Waals surface area contributed by atoms with Crippen LogP contribution in [0.1, 0.15) is 19.4 Å². The van der Waals surface area contributed by atoms with Gasteiger partial charge in [0, 0.05) is 5.56 Å². The fourth-order valence-corrected chi connectivity index (χ4v) is 3.66. The van der Waals surface area contributed by atoms with Gasteiger partial charge in [-0.2, -0.15) is 15.0 Å². The predicted octanol–water partition coefficient (Wildman–Crippen LogP) is 3.45. The minimum atomic E-state index is -1.47. The lowest BCUT2D eigenvalue weighted by atomic mass is 9.74. The van der Waals surface area contributed by atoms with E-state index in [0.29, 0.717) is 11.3 Å². The van der Waals surface area contributed by atoms with E-state index in [9.17, 15) is 10.1 Å². The number of aromatic nitrogens is 2. The van der Waals surface area contributed by atoms with Crippen LogP contribution in [0.15, 0.2) is 72.1 Å². The molecule has 7 nitrogen and oxygen atoms in total. The Balaban J connectivity index is 2.08. The molecular formula is C23H20N4O3. The molecular weight excluding hydrogens is 380 g/mol. The molecule has 2 heterocycles. The zero-order valence-corrected chi connectivity index (χ0v) is 16.6. The zero-order valence-electron chi connectivity index (χ0n) is 16.6.